The minimum absolute atomic E-state index is 0.0884. The fourth-order valence-electron chi connectivity index (χ4n) is 2.18. The van der Waals surface area contributed by atoms with Gasteiger partial charge >= 0.3 is 0 Å². The lowest BCUT2D eigenvalue weighted by Crippen LogP contribution is -2.21. The molecule has 0 unspecified atom stereocenters. The number of nitrogens with one attached hydrogen (secondary N) is 2. The third kappa shape index (κ3) is 2.71. The van der Waals surface area contributed by atoms with E-state index in [0.717, 1.165) is 0 Å². The molecule has 3 aromatic heterocycles. The number of aromatic nitrogens is 6. The van der Waals surface area contributed by atoms with Crippen molar-refractivity contribution in [3.8, 4) is 5.95 Å². The number of aryl methyl sites for hydroxylation is 2. The smallest absolute Gasteiger partial charge is 0.263 e. The Balaban J connectivity index is 2.10. The maximum absolute atomic E-state index is 12.1. The summed E-state index contributed by atoms with van der Waals surface area (Å²) in [6.45, 7) is 1.68. The van der Waals surface area contributed by atoms with Gasteiger partial charge in [0.2, 0.25) is 5.95 Å². The number of fused-ring (bicyclic) bond motifs is 1. The van der Waals surface area contributed by atoms with E-state index in [2.05, 4.69) is 25.5 Å². The second-order valence-electron chi connectivity index (χ2n) is 4.96. The number of amides is 1. The van der Waals surface area contributed by atoms with Gasteiger partial charge in [0, 0.05) is 20.2 Å². The van der Waals surface area contributed by atoms with Crippen molar-refractivity contribution in [2.75, 3.05) is 19.0 Å². The molecule has 1 amide bonds. The Kier molecular flexibility index (Phi) is 3.66. The molecular formula is C13H15N7O3. The predicted octanol–water partition coefficient (Wildman–Crippen LogP) is -0.264. The summed E-state index contributed by atoms with van der Waals surface area (Å²) < 4.78 is 7.64. The second kappa shape index (κ2) is 5.65. The van der Waals surface area contributed by atoms with Crippen molar-refractivity contribution in [2.24, 2.45) is 7.05 Å². The quantitative estimate of drug-likeness (QED) is 0.684. The van der Waals surface area contributed by atoms with Gasteiger partial charge in [-0.3, -0.25) is 19.3 Å². The average molecular weight is 317 g/mol. The molecule has 0 fully saturated rings. The van der Waals surface area contributed by atoms with Crippen LogP contribution in [0.2, 0.25) is 0 Å². The SMILES string of the molecule is COCC(=O)Nc1cc(C)nn1-c1nc2c(cnn2C)c(=O)[nH]1. The highest BCUT2D eigenvalue weighted by atomic mass is 16.5. The number of methoxy groups -OCH3 is 1. The van der Waals surface area contributed by atoms with Gasteiger partial charge < -0.3 is 10.1 Å². The van der Waals surface area contributed by atoms with Crippen LogP contribution in [-0.2, 0) is 16.6 Å². The molecule has 0 bridgehead atoms. The van der Waals surface area contributed by atoms with Crippen molar-refractivity contribution in [3.05, 3.63) is 28.3 Å². The van der Waals surface area contributed by atoms with Gasteiger partial charge in [0.15, 0.2) is 5.65 Å². The molecule has 2 N–H and O–H groups in total. The van der Waals surface area contributed by atoms with Crippen LogP contribution in [0.5, 0.6) is 0 Å². The molecule has 0 spiro atoms. The molecule has 0 aromatic carbocycles. The highest BCUT2D eigenvalue weighted by Gasteiger charge is 2.15. The Morgan fingerprint density at radius 1 is 1.48 bits per heavy atom. The Labute approximate surface area is 130 Å². The Morgan fingerprint density at radius 2 is 2.26 bits per heavy atom. The fourth-order valence-corrected chi connectivity index (χ4v) is 2.18. The number of aromatic amines is 1. The van der Waals surface area contributed by atoms with Gasteiger partial charge in [-0.05, 0) is 6.92 Å². The molecule has 0 aliphatic rings. The van der Waals surface area contributed by atoms with Crippen LogP contribution in [0, 0.1) is 6.92 Å². The molecule has 3 rings (SSSR count). The van der Waals surface area contributed by atoms with Crippen LogP contribution in [-0.4, -0.2) is 49.2 Å². The molecule has 3 heterocycles. The van der Waals surface area contributed by atoms with E-state index >= 15 is 0 Å². The van der Waals surface area contributed by atoms with Crippen molar-refractivity contribution >= 4 is 22.8 Å². The number of rotatable bonds is 4. The number of carbonyl (C=O) groups is 1. The van der Waals surface area contributed by atoms with E-state index in [4.69, 9.17) is 4.74 Å². The first-order chi connectivity index (χ1) is 11.0. The number of hydrogen-bond acceptors (Lipinski definition) is 6. The summed E-state index contributed by atoms with van der Waals surface area (Å²) in [6, 6.07) is 1.67. The van der Waals surface area contributed by atoms with Crippen molar-refractivity contribution in [1.82, 2.24) is 29.5 Å². The van der Waals surface area contributed by atoms with Gasteiger partial charge in [0.25, 0.3) is 11.5 Å². The minimum Gasteiger partial charge on any atom is -0.375 e. The van der Waals surface area contributed by atoms with Crippen molar-refractivity contribution in [1.29, 1.82) is 0 Å². The zero-order valence-corrected chi connectivity index (χ0v) is 12.8. The number of carbonyl (C=O) groups excluding carboxylic acids is 1. The summed E-state index contributed by atoms with van der Waals surface area (Å²) in [5.41, 5.74) is 0.747. The molecule has 120 valence electrons. The number of hydrogen-bond donors (Lipinski definition) is 2. The molecule has 0 saturated heterocycles. The van der Waals surface area contributed by atoms with E-state index in [1.165, 1.54) is 22.7 Å². The predicted molar refractivity (Wildman–Crippen MR) is 81.5 cm³/mol. The second-order valence-corrected chi connectivity index (χ2v) is 4.96. The highest BCUT2D eigenvalue weighted by Crippen LogP contribution is 2.15. The molecule has 0 aliphatic heterocycles. The molecule has 23 heavy (non-hydrogen) atoms. The lowest BCUT2D eigenvalue weighted by atomic mass is 10.4. The van der Waals surface area contributed by atoms with Crippen LogP contribution < -0.4 is 10.9 Å². The van der Waals surface area contributed by atoms with E-state index < -0.39 is 0 Å². The first-order valence-electron chi connectivity index (χ1n) is 6.77. The minimum atomic E-state index is -0.336. The number of ether oxygens (including phenoxy) is 1. The summed E-state index contributed by atoms with van der Waals surface area (Å²) in [4.78, 5) is 30.8. The largest absolute Gasteiger partial charge is 0.375 e. The fraction of sp³-hybridized carbons (Fsp3) is 0.308. The van der Waals surface area contributed by atoms with E-state index in [0.29, 0.717) is 22.5 Å². The van der Waals surface area contributed by atoms with Crippen LogP contribution in [0.15, 0.2) is 17.1 Å². The first kappa shape index (κ1) is 14.9. The van der Waals surface area contributed by atoms with Gasteiger partial charge in [-0.1, -0.05) is 0 Å². The maximum atomic E-state index is 12.1. The number of nitrogens with zero attached hydrogens (tertiary/aromatic N) is 5. The Hall–Kier alpha value is -3.01. The zero-order valence-electron chi connectivity index (χ0n) is 12.8. The summed E-state index contributed by atoms with van der Waals surface area (Å²) in [5.74, 6) is 0.235. The Bertz CT molecular complexity index is 937. The van der Waals surface area contributed by atoms with E-state index in [9.17, 15) is 9.59 Å². The summed E-state index contributed by atoms with van der Waals surface area (Å²) in [7, 11) is 3.12. The lowest BCUT2D eigenvalue weighted by Gasteiger charge is -2.07. The van der Waals surface area contributed by atoms with Gasteiger partial charge in [-0.2, -0.15) is 19.9 Å². The lowest BCUT2D eigenvalue weighted by molar-refractivity contribution is -0.119. The molecule has 3 aromatic rings. The van der Waals surface area contributed by atoms with Gasteiger partial charge in [0.1, 0.15) is 17.8 Å². The van der Waals surface area contributed by atoms with Crippen LogP contribution in [0.4, 0.5) is 5.82 Å². The van der Waals surface area contributed by atoms with Gasteiger partial charge in [-0.15, -0.1) is 0 Å². The van der Waals surface area contributed by atoms with Gasteiger partial charge in [-0.25, -0.2) is 0 Å². The molecular weight excluding hydrogens is 302 g/mol. The van der Waals surface area contributed by atoms with Crippen LogP contribution in [0.25, 0.3) is 17.0 Å². The third-order valence-electron chi connectivity index (χ3n) is 3.16. The van der Waals surface area contributed by atoms with Gasteiger partial charge in [0.05, 0.1) is 11.9 Å². The number of anilines is 1. The van der Waals surface area contributed by atoms with E-state index in [1.54, 1.807) is 20.0 Å². The summed E-state index contributed by atoms with van der Waals surface area (Å²) in [6.07, 6.45) is 1.44. The Morgan fingerprint density at radius 3 is 3.00 bits per heavy atom. The van der Waals surface area contributed by atoms with Crippen molar-refractivity contribution in [2.45, 2.75) is 6.92 Å². The third-order valence-corrected chi connectivity index (χ3v) is 3.16. The molecule has 0 saturated carbocycles. The average Bonchev–Trinajstić information content (AvgIpc) is 3.03. The van der Waals surface area contributed by atoms with Crippen LogP contribution >= 0.6 is 0 Å². The standard InChI is InChI=1S/C13H15N7O3/c1-7-4-9(15-10(21)6-23-3)20(18-7)13-16-11-8(12(22)17-13)5-14-19(11)2/h4-5H,6H2,1-3H3,(H,15,21)(H,16,17,22). The molecule has 0 radical (unpaired) electrons. The summed E-state index contributed by atoms with van der Waals surface area (Å²) in [5, 5.41) is 11.3. The number of H-pyrrole nitrogens is 1. The first-order valence-corrected chi connectivity index (χ1v) is 6.77. The monoisotopic (exact) mass is 317 g/mol. The van der Waals surface area contributed by atoms with E-state index in [-0.39, 0.29) is 24.0 Å². The van der Waals surface area contributed by atoms with Crippen LogP contribution in [0.1, 0.15) is 5.69 Å². The highest BCUT2D eigenvalue weighted by molar-refractivity contribution is 5.91. The molecule has 0 atom stereocenters. The van der Waals surface area contributed by atoms with Crippen LogP contribution in [0.3, 0.4) is 0 Å². The zero-order chi connectivity index (χ0) is 16.6. The molecule has 10 nitrogen and oxygen atoms in total. The van der Waals surface area contributed by atoms with E-state index in [1.807, 2.05) is 0 Å². The van der Waals surface area contributed by atoms with Crippen molar-refractivity contribution in [3.63, 3.8) is 0 Å². The summed E-state index contributed by atoms with van der Waals surface area (Å²) >= 11 is 0. The topological polar surface area (TPSA) is 120 Å². The molecule has 0 aliphatic carbocycles. The molecule has 10 heteroatoms. The normalized spacial score (nSPS) is 11.1. The van der Waals surface area contributed by atoms with Crippen molar-refractivity contribution < 1.29 is 9.53 Å². The maximum Gasteiger partial charge on any atom is 0.263 e.